The lowest BCUT2D eigenvalue weighted by molar-refractivity contribution is -0.123. The van der Waals surface area contributed by atoms with Crippen molar-refractivity contribution in [3.63, 3.8) is 0 Å². The van der Waals surface area contributed by atoms with E-state index in [4.69, 9.17) is 17.3 Å². The normalized spacial score (nSPS) is 17.2. The molecule has 0 saturated heterocycles. The summed E-state index contributed by atoms with van der Waals surface area (Å²) in [5.74, 6) is -0.0672. The predicted molar refractivity (Wildman–Crippen MR) is 59.5 cm³/mol. The lowest BCUT2D eigenvalue weighted by Gasteiger charge is -2.09. The van der Waals surface area contributed by atoms with Crippen LogP contribution in [-0.4, -0.2) is 11.4 Å². The Morgan fingerprint density at radius 3 is 2.87 bits per heavy atom. The Morgan fingerprint density at radius 2 is 2.27 bits per heavy atom. The van der Waals surface area contributed by atoms with Gasteiger partial charge in [0.2, 0.25) is 5.91 Å². The number of nitrogens with two attached hydrogens (primary N) is 1. The standard InChI is InChI=1S/C11H13ClN2O/c12-9-3-1-2-8(6-9)7-14-10(15)11(13)4-5-11/h1-3,6H,4-5,7,13H2,(H,14,15). The Hall–Kier alpha value is -1.06. The lowest BCUT2D eigenvalue weighted by Crippen LogP contribution is -2.42. The molecular weight excluding hydrogens is 212 g/mol. The maximum absolute atomic E-state index is 11.5. The molecule has 1 aliphatic rings. The van der Waals surface area contributed by atoms with E-state index in [1.807, 2.05) is 18.2 Å². The molecule has 0 aromatic heterocycles. The van der Waals surface area contributed by atoms with E-state index in [9.17, 15) is 4.79 Å². The molecule has 0 aliphatic heterocycles. The number of halogens is 1. The van der Waals surface area contributed by atoms with Crippen LogP contribution in [-0.2, 0) is 11.3 Å². The minimum absolute atomic E-state index is 0.0672. The van der Waals surface area contributed by atoms with Crippen molar-refractivity contribution in [2.24, 2.45) is 5.73 Å². The van der Waals surface area contributed by atoms with Gasteiger partial charge in [-0.15, -0.1) is 0 Å². The molecule has 15 heavy (non-hydrogen) atoms. The van der Waals surface area contributed by atoms with E-state index in [1.54, 1.807) is 6.07 Å². The molecule has 0 bridgehead atoms. The quantitative estimate of drug-likeness (QED) is 0.817. The Bertz CT molecular complexity index is 388. The van der Waals surface area contributed by atoms with Crippen molar-refractivity contribution in [3.8, 4) is 0 Å². The topological polar surface area (TPSA) is 55.1 Å². The van der Waals surface area contributed by atoms with Crippen molar-refractivity contribution in [1.82, 2.24) is 5.32 Å². The molecule has 1 aromatic carbocycles. The van der Waals surface area contributed by atoms with Gasteiger partial charge in [-0.05, 0) is 30.5 Å². The van der Waals surface area contributed by atoms with Crippen LogP contribution >= 0.6 is 11.6 Å². The second-order valence-electron chi connectivity index (χ2n) is 3.97. The SMILES string of the molecule is NC1(C(=O)NCc2cccc(Cl)c2)CC1. The van der Waals surface area contributed by atoms with Gasteiger partial charge in [0.1, 0.15) is 0 Å². The van der Waals surface area contributed by atoms with Gasteiger partial charge in [-0.25, -0.2) is 0 Å². The fourth-order valence-corrected chi connectivity index (χ4v) is 1.58. The molecular formula is C11H13ClN2O. The van der Waals surface area contributed by atoms with Gasteiger partial charge in [0.15, 0.2) is 0 Å². The van der Waals surface area contributed by atoms with E-state index < -0.39 is 5.54 Å². The Morgan fingerprint density at radius 1 is 1.53 bits per heavy atom. The van der Waals surface area contributed by atoms with Gasteiger partial charge in [-0.3, -0.25) is 4.79 Å². The number of carbonyl (C=O) groups is 1. The second kappa shape index (κ2) is 3.83. The smallest absolute Gasteiger partial charge is 0.240 e. The summed E-state index contributed by atoms with van der Waals surface area (Å²) in [6.07, 6.45) is 1.57. The molecule has 0 atom stereocenters. The summed E-state index contributed by atoms with van der Waals surface area (Å²) >= 11 is 5.83. The zero-order chi connectivity index (χ0) is 10.9. The van der Waals surface area contributed by atoms with Crippen molar-refractivity contribution in [3.05, 3.63) is 34.9 Å². The molecule has 1 amide bonds. The Balaban J connectivity index is 1.90. The van der Waals surface area contributed by atoms with Crippen LogP contribution in [0.2, 0.25) is 5.02 Å². The van der Waals surface area contributed by atoms with Gasteiger partial charge < -0.3 is 11.1 Å². The molecule has 1 aliphatic carbocycles. The van der Waals surface area contributed by atoms with E-state index in [2.05, 4.69) is 5.32 Å². The molecule has 0 radical (unpaired) electrons. The fourth-order valence-electron chi connectivity index (χ4n) is 1.37. The number of carbonyl (C=O) groups excluding carboxylic acids is 1. The monoisotopic (exact) mass is 224 g/mol. The third-order valence-corrected chi connectivity index (χ3v) is 2.82. The Labute approximate surface area is 93.6 Å². The summed E-state index contributed by atoms with van der Waals surface area (Å²) in [4.78, 5) is 11.5. The summed E-state index contributed by atoms with van der Waals surface area (Å²) in [6, 6.07) is 7.41. The van der Waals surface area contributed by atoms with Crippen LogP contribution in [0.15, 0.2) is 24.3 Å². The second-order valence-corrected chi connectivity index (χ2v) is 4.41. The van der Waals surface area contributed by atoms with E-state index in [0.717, 1.165) is 18.4 Å². The van der Waals surface area contributed by atoms with Gasteiger partial charge in [0.25, 0.3) is 0 Å². The molecule has 1 aromatic rings. The molecule has 0 unspecified atom stereocenters. The number of benzene rings is 1. The largest absolute Gasteiger partial charge is 0.350 e. The van der Waals surface area contributed by atoms with Crippen molar-refractivity contribution in [2.75, 3.05) is 0 Å². The first-order valence-corrected chi connectivity index (χ1v) is 5.30. The summed E-state index contributed by atoms with van der Waals surface area (Å²) in [5, 5.41) is 3.48. The highest BCUT2D eigenvalue weighted by Crippen LogP contribution is 2.32. The minimum Gasteiger partial charge on any atom is -0.350 e. The summed E-state index contributed by atoms with van der Waals surface area (Å²) in [7, 11) is 0. The number of hydrogen-bond acceptors (Lipinski definition) is 2. The summed E-state index contributed by atoms with van der Waals surface area (Å²) in [6.45, 7) is 0.484. The maximum Gasteiger partial charge on any atom is 0.240 e. The molecule has 0 heterocycles. The Kier molecular flexibility index (Phi) is 2.67. The fraction of sp³-hybridized carbons (Fsp3) is 0.364. The van der Waals surface area contributed by atoms with Crippen LogP contribution in [0.5, 0.6) is 0 Å². The number of hydrogen-bond donors (Lipinski definition) is 2. The van der Waals surface area contributed by atoms with Gasteiger partial charge in [0.05, 0.1) is 5.54 Å². The van der Waals surface area contributed by atoms with Crippen molar-refractivity contribution in [1.29, 1.82) is 0 Å². The van der Waals surface area contributed by atoms with Crippen LogP contribution in [0.25, 0.3) is 0 Å². The van der Waals surface area contributed by atoms with Gasteiger partial charge >= 0.3 is 0 Å². The van der Waals surface area contributed by atoms with Crippen molar-refractivity contribution >= 4 is 17.5 Å². The van der Waals surface area contributed by atoms with Crippen molar-refractivity contribution < 1.29 is 4.79 Å². The average molecular weight is 225 g/mol. The molecule has 2 rings (SSSR count). The highest BCUT2D eigenvalue weighted by Gasteiger charge is 2.45. The highest BCUT2D eigenvalue weighted by atomic mass is 35.5. The predicted octanol–water partition coefficient (Wildman–Crippen LogP) is 1.45. The van der Waals surface area contributed by atoms with Crippen LogP contribution < -0.4 is 11.1 Å². The van der Waals surface area contributed by atoms with Gasteiger partial charge in [-0.1, -0.05) is 23.7 Å². The summed E-state index contributed by atoms with van der Waals surface area (Å²) in [5.41, 5.74) is 6.13. The van der Waals surface area contributed by atoms with Crippen molar-refractivity contribution in [2.45, 2.75) is 24.9 Å². The third-order valence-electron chi connectivity index (χ3n) is 2.58. The molecule has 0 spiro atoms. The molecule has 1 fully saturated rings. The number of amides is 1. The number of nitrogens with one attached hydrogen (secondary N) is 1. The molecule has 1 saturated carbocycles. The first-order chi connectivity index (χ1) is 7.10. The van der Waals surface area contributed by atoms with E-state index in [1.165, 1.54) is 0 Å². The maximum atomic E-state index is 11.5. The summed E-state index contributed by atoms with van der Waals surface area (Å²) < 4.78 is 0. The highest BCUT2D eigenvalue weighted by molar-refractivity contribution is 6.30. The lowest BCUT2D eigenvalue weighted by atomic mass is 10.2. The third kappa shape index (κ3) is 2.49. The van der Waals surface area contributed by atoms with E-state index in [0.29, 0.717) is 11.6 Å². The average Bonchev–Trinajstić information content (AvgIpc) is 2.94. The van der Waals surface area contributed by atoms with E-state index in [-0.39, 0.29) is 5.91 Å². The molecule has 3 nitrogen and oxygen atoms in total. The molecule has 4 heteroatoms. The van der Waals surface area contributed by atoms with E-state index >= 15 is 0 Å². The van der Waals surface area contributed by atoms with Crippen LogP contribution in [0, 0.1) is 0 Å². The molecule has 3 N–H and O–H groups in total. The zero-order valence-corrected chi connectivity index (χ0v) is 9.05. The first-order valence-electron chi connectivity index (χ1n) is 4.92. The minimum atomic E-state index is -0.599. The van der Waals surface area contributed by atoms with Gasteiger partial charge in [0, 0.05) is 11.6 Å². The zero-order valence-electron chi connectivity index (χ0n) is 8.29. The first kappa shape index (κ1) is 10.5. The van der Waals surface area contributed by atoms with Gasteiger partial charge in [-0.2, -0.15) is 0 Å². The van der Waals surface area contributed by atoms with Crippen LogP contribution in [0.4, 0.5) is 0 Å². The molecule has 80 valence electrons. The van der Waals surface area contributed by atoms with Crippen LogP contribution in [0.1, 0.15) is 18.4 Å². The van der Waals surface area contributed by atoms with Crippen LogP contribution in [0.3, 0.4) is 0 Å². The number of rotatable bonds is 3.